The zero-order valence-electron chi connectivity index (χ0n) is 20.4. The Morgan fingerprint density at radius 2 is 1.83 bits per heavy atom. The average molecular weight is 507 g/mol. The van der Waals surface area contributed by atoms with Gasteiger partial charge in [0, 0.05) is 6.92 Å². The van der Waals surface area contributed by atoms with Crippen LogP contribution in [-0.4, -0.2) is 29.7 Å². The number of rotatable bonds is 7. The second-order valence-electron chi connectivity index (χ2n) is 7.95. The monoisotopic (exact) mass is 506 g/mol. The number of allylic oxidation sites excluding steroid dienone is 1. The smallest absolute Gasteiger partial charge is 0.338 e. The summed E-state index contributed by atoms with van der Waals surface area (Å²) in [5.74, 6) is -0.457. The van der Waals surface area contributed by atoms with Gasteiger partial charge in [-0.05, 0) is 50.1 Å². The lowest BCUT2D eigenvalue weighted by Crippen LogP contribution is -2.40. The van der Waals surface area contributed by atoms with Gasteiger partial charge in [-0.15, -0.1) is 0 Å². The molecule has 1 aliphatic heterocycles. The minimum Gasteiger partial charge on any atom is -0.490 e. The first kappa shape index (κ1) is 25.1. The Morgan fingerprint density at radius 1 is 1.08 bits per heavy atom. The molecule has 0 spiro atoms. The van der Waals surface area contributed by atoms with E-state index in [4.69, 9.17) is 14.2 Å². The Labute approximate surface area is 211 Å². The molecule has 2 aromatic carbocycles. The van der Waals surface area contributed by atoms with Crippen molar-refractivity contribution >= 4 is 29.4 Å². The number of carbonyl (C=O) groups excluding carboxylic acids is 2. The molecule has 1 aromatic heterocycles. The van der Waals surface area contributed by atoms with E-state index in [1.165, 1.54) is 22.8 Å². The fourth-order valence-electron chi connectivity index (χ4n) is 4.01. The Hall–Kier alpha value is -3.98. The maximum atomic E-state index is 13.7. The minimum atomic E-state index is -0.802. The van der Waals surface area contributed by atoms with Crippen LogP contribution in [0.1, 0.15) is 44.9 Å². The van der Waals surface area contributed by atoms with Crippen LogP contribution in [-0.2, 0) is 14.3 Å². The fraction of sp³-hybridized carbons (Fsp3) is 0.259. The molecule has 0 saturated carbocycles. The molecule has 0 amide bonds. The molecule has 1 unspecified atom stereocenters. The number of nitrogens with zero attached hydrogens (tertiary/aromatic N) is 2. The summed E-state index contributed by atoms with van der Waals surface area (Å²) in [7, 11) is 0. The van der Waals surface area contributed by atoms with Crippen molar-refractivity contribution in [2.24, 2.45) is 4.99 Å². The molecule has 0 radical (unpaired) electrons. The number of ether oxygens (including phenoxy) is 3. The summed E-state index contributed by atoms with van der Waals surface area (Å²) in [6.07, 6.45) is 1.81. The van der Waals surface area contributed by atoms with Crippen molar-refractivity contribution < 1.29 is 23.8 Å². The van der Waals surface area contributed by atoms with Crippen molar-refractivity contribution in [1.29, 1.82) is 0 Å². The first-order valence-electron chi connectivity index (χ1n) is 11.5. The summed E-state index contributed by atoms with van der Waals surface area (Å²) >= 11 is 1.25. The number of benzene rings is 2. The largest absolute Gasteiger partial charge is 0.490 e. The van der Waals surface area contributed by atoms with E-state index in [0.29, 0.717) is 33.0 Å². The van der Waals surface area contributed by atoms with E-state index in [0.717, 1.165) is 5.56 Å². The van der Waals surface area contributed by atoms with E-state index in [1.807, 2.05) is 37.3 Å². The van der Waals surface area contributed by atoms with Crippen LogP contribution in [0.4, 0.5) is 0 Å². The number of carbonyl (C=O) groups is 2. The molecule has 0 N–H and O–H groups in total. The molecule has 1 atom stereocenters. The molecule has 1 aliphatic rings. The molecule has 0 bridgehead atoms. The topological polar surface area (TPSA) is 96.2 Å². The SMILES string of the molecule is CCOC(=O)C1=C(C)N=c2sc(=Cc3ccccc3)c(=O)n2C1c1ccc(OC(C)=O)c(OCC)c1. The zero-order chi connectivity index (χ0) is 25.8. The van der Waals surface area contributed by atoms with Gasteiger partial charge in [0.05, 0.1) is 35.1 Å². The molecule has 2 heterocycles. The standard InChI is InChI=1S/C27H26N2O6S/c1-5-33-21-15-19(12-13-20(21)35-17(4)30)24-23(26(32)34-6-2)16(3)28-27-29(24)25(31)22(36-27)14-18-10-8-7-9-11-18/h7-15,24H,5-6H2,1-4H3. The van der Waals surface area contributed by atoms with Crippen LogP contribution >= 0.6 is 11.3 Å². The van der Waals surface area contributed by atoms with Crippen molar-refractivity contribution in [1.82, 2.24) is 4.57 Å². The normalized spacial score (nSPS) is 15.2. The number of hydrogen-bond acceptors (Lipinski definition) is 8. The molecule has 9 heteroatoms. The Morgan fingerprint density at radius 3 is 2.50 bits per heavy atom. The second-order valence-corrected chi connectivity index (χ2v) is 8.95. The van der Waals surface area contributed by atoms with Crippen molar-refractivity contribution in [3.63, 3.8) is 0 Å². The molecule has 8 nitrogen and oxygen atoms in total. The minimum absolute atomic E-state index is 0.177. The number of esters is 2. The Bertz CT molecular complexity index is 1520. The summed E-state index contributed by atoms with van der Waals surface area (Å²) in [6.45, 7) is 7.07. The van der Waals surface area contributed by atoms with E-state index in [2.05, 4.69) is 4.99 Å². The van der Waals surface area contributed by atoms with Crippen molar-refractivity contribution in [2.45, 2.75) is 33.7 Å². The van der Waals surface area contributed by atoms with Crippen LogP contribution in [0.2, 0.25) is 0 Å². The zero-order valence-corrected chi connectivity index (χ0v) is 21.3. The maximum Gasteiger partial charge on any atom is 0.338 e. The van der Waals surface area contributed by atoms with Gasteiger partial charge in [-0.2, -0.15) is 0 Å². The highest BCUT2D eigenvalue weighted by atomic mass is 32.1. The van der Waals surface area contributed by atoms with Crippen molar-refractivity contribution in [3.05, 3.63) is 90.6 Å². The van der Waals surface area contributed by atoms with Gasteiger partial charge in [0.15, 0.2) is 16.3 Å². The predicted octanol–water partition coefficient (Wildman–Crippen LogP) is 3.12. The maximum absolute atomic E-state index is 13.7. The van der Waals surface area contributed by atoms with Gasteiger partial charge in [0.2, 0.25) is 0 Å². The second kappa shape index (κ2) is 10.7. The molecule has 186 valence electrons. The van der Waals surface area contributed by atoms with Gasteiger partial charge in [0.1, 0.15) is 0 Å². The molecular weight excluding hydrogens is 480 g/mol. The third-order valence-corrected chi connectivity index (χ3v) is 6.43. The van der Waals surface area contributed by atoms with Gasteiger partial charge < -0.3 is 14.2 Å². The highest BCUT2D eigenvalue weighted by Gasteiger charge is 2.34. The van der Waals surface area contributed by atoms with Crippen LogP contribution in [0.3, 0.4) is 0 Å². The van der Waals surface area contributed by atoms with Crippen LogP contribution in [0.5, 0.6) is 11.5 Å². The van der Waals surface area contributed by atoms with Crippen LogP contribution < -0.4 is 24.4 Å². The lowest BCUT2D eigenvalue weighted by molar-refractivity contribution is -0.139. The van der Waals surface area contributed by atoms with Crippen molar-refractivity contribution in [2.75, 3.05) is 13.2 Å². The quantitative estimate of drug-likeness (QED) is 0.361. The molecule has 0 fully saturated rings. The Balaban J connectivity index is 1.95. The van der Waals surface area contributed by atoms with E-state index in [1.54, 1.807) is 38.1 Å². The number of aromatic nitrogens is 1. The highest BCUT2D eigenvalue weighted by Crippen LogP contribution is 2.36. The van der Waals surface area contributed by atoms with E-state index >= 15 is 0 Å². The first-order chi connectivity index (χ1) is 17.3. The Kier molecular flexibility index (Phi) is 7.49. The van der Waals surface area contributed by atoms with Crippen LogP contribution in [0.25, 0.3) is 6.08 Å². The van der Waals surface area contributed by atoms with E-state index < -0.39 is 18.0 Å². The lowest BCUT2D eigenvalue weighted by atomic mass is 9.95. The van der Waals surface area contributed by atoms with Gasteiger partial charge in [-0.3, -0.25) is 14.2 Å². The average Bonchev–Trinajstić information content (AvgIpc) is 3.14. The third kappa shape index (κ3) is 5.01. The lowest BCUT2D eigenvalue weighted by Gasteiger charge is -2.25. The van der Waals surface area contributed by atoms with Crippen LogP contribution in [0.15, 0.2) is 69.6 Å². The summed E-state index contributed by atoms with van der Waals surface area (Å²) in [5.41, 5.74) is 1.93. The van der Waals surface area contributed by atoms with Gasteiger partial charge in [0.25, 0.3) is 5.56 Å². The summed E-state index contributed by atoms with van der Waals surface area (Å²) in [4.78, 5) is 43.4. The molecule has 3 aromatic rings. The summed E-state index contributed by atoms with van der Waals surface area (Å²) in [6, 6.07) is 13.7. The van der Waals surface area contributed by atoms with Gasteiger partial charge >= 0.3 is 11.9 Å². The van der Waals surface area contributed by atoms with E-state index in [-0.39, 0.29) is 23.5 Å². The molecule has 36 heavy (non-hydrogen) atoms. The number of hydrogen-bond donors (Lipinski definition) is 0. The van der Waals surface area contributed by atoms with E-state index in [9.17, 15) is 14.4 Å². The molecule has 0 aliphatic carbocycles. The summed E-state index contributed by atoms with van der Waals surface area (Å²) in [5, 5.41) is 0. The summed E-state index contributed by atoms with van der Waals surface area (Å²) < 4.78 is 18.3. The highest BCUT2D eigenvalue weighted by molar-refractivity contribution is 7.07. The molecule has 0 saturated heterocycles. The van der Waals surface area contributed by atoms with Crippen molar-refractivity contribution in [3.8, 4) is 11.5 Å². The first-order valence-corrected chi connectivity index (χ1v) is 12.4. The van der Waals surface area contributed by atoms with Gasteiger partial charge in [-0.1, -0.05) is 47.7 Å². The van der Waals surface area contributed by atoms with Gasteiger partial charge in [-0.25, -0.2) is 9.79 Å². The fourth-order valence-corrected chi connectivity index (χ4v) is 5.06. The third-order valence-electron chi connectivity index (χ3n) is 5.45. The predicted molar refractivity (Wildman–Crippen MR) is 136 cm³/mol. The molecule has 4 rings (SSSR count). The number of thiazole rings is 1. The molecular formula is C27H26N2O6S. The van der Waals surface area contributed by atoms with Crippen LogP contribution in [0, 0.1) is 0 Å². The number of fused-ring (bicyclic) bond motifs is 1.